The van der Waals surface area contributed by atoms with E-state index < -0.39 is 114 Å². The van der Waals surface area contributed by atoms with Gasteiger partial charge in [0.1, 0.15) is 42.3 Å². The smallest absolute Gasteiger partial charge is 0.326 e. The van der Waals surface area contributed by atoms with Gasteiger partial charge < -0.3 is 75.7 Å². The highest BCUT2D eigenvalue weighted by molar-refractivity contribution is 5.97. The maximum Gasteiger partial charge on any atom is 0.326 e. The number of nitrogens with two attached hydrogens (primary N) is 4. The summed E-state index contributed by atoms with van der Waals surface area (Å²) >= 11 is 0. The van der Waals surface area contributed by atoms with Crippen LogP contribution in [0.3, 0.4) is 0 Å². The number of aliphatic hydroxyl groups excluding tert-OH is 1. The number of hydrogen-bond acceptors (Lipinski definition) is 13. The second-order valence-corrected chi connectivity index (χ2v) is 18.5. The van der Waals surface area contributed by atoms with E-state index in [2.05, 4.69) is 42.5 Å². The third-order valence-corrected chi connectivity index (χ3v) is 10.8. The molecule has 0 rings (SSSR count). The van der Waals surface area contributed by atoms with Gasteiger partial charge in [0.15, 0.2) is 5.96 Å². The van der Waals surface area contributed by atoms with Crippen LogP contribution in [0.25, 0.3) is 0 Å². The van der Waals surface area contributed by atoms with Crippen LogP contribution in [0.2, 0.25) is 0 Å². The second kappa shape index (κ2) is 33.0. The van der Waals surface area contributed by atoms with E-state index in [1.165, 1.54) is 0 Å². The summed E-state index contributed by atoms with van der Waals surface area (Å²) in [4.78, 5) is 119. The minimum absolute atomic E-state index is 0.00531. The topological polar surface area (TPSA) is 418 Å². The van der Waals surface area contributed by atoms with Gasteiger partial charge in [-0.1, -0.05) is 61.8 Å². The molecule has 0 aromatic heterocycles. The van der Waals surface area contributed by atoms with Gasteiger partial charge in [0, 0.05) is 13.0 Å². The molecular formula is C44H83N13O11. The van der Waals surface area contributed by atoms with Gasteiger partial charge in [0.25, 0.3) is 0 Å². The Labute approximate surface area is 400 Å². The molecule has 0 saturated carbocycles. The van der Waals surface area contributed by atoms with Crippen molar-refractivity contribution in [3.63, 3.8) is 0 Å². The first-order chi connectivity index (χ1) is 31.8. The molecule has 24 nitrogen and oxygen atoms in total. The van der Waals surface area contributed by atoms with E-state index in [1.54, 1.807) is 55.4 Å². The zero-order chi connectivity index (χ0) is 52.3. The molecule has 0 aliphatic carbocycles. The molecule has 68 heavy (non-hydrogen) atoms. The first-order valence-electron chi connectivity index (χ1n) is 23.6. The highest BCUT2D eigenvalue weighted by atomic mass is 16.4. The average Bonchev–Trinajstić information content (AvgIpc) is 3.24. The van der Waals surface area contributed by atoms with Crippen molar-refractivity contribution in [3.05, 3.63) is 0 Å². The highest BCUT2D eigenvalue weighted by Gasteiger charge is 2.35. The molecule has 0 saturated heterocycles. The van der Waals surface area contributed by atoms with Gasteiger partial charge in [-0.2, -0.15) is 0 Å². The van der Waals surface area contributed by atoms with Crippen LogP contribution in [0.15, 0.2) is 0 Å². The quantitative estimate of drug-likeness (QED) is 0.0179. The molecule has 19 N–H and O–H groups in total. The Bertz CT molecular complexity index is 1670. The number of guanidine groups is 1. The molecule has 9 unspecified atom stereocenters. The third-order valence-electron chi connectivity index (χ3n) is 10.8. The van der Waals surface area contributed by atoms with Crippen molar-refractivity contribution in [2.24, 2.45) is 46.6 Å². The van der Waals surface area contributed by atoms with E-state index in [0.29, 0.717) is 19.3 Å². The Hall–Kier alpha value is -5.62. The van der Waals surface area contributed by atoms with E-state index in [9.17, 15) is 53.4 Å². The number of nitrogens with one attached hydrogen (secondary N) is 9. The van der Waals surface area contributed by atoms with Crippen LogP contribution in [0.5, 0.6) is 0 Å². The lowest BCUT2D eigenvalue weighted by Gasteiger charge is -2.29. The molecule has 9 atom stereocenters. The van der Waals surface area contributed by atoms with Crippen LogP contribution in [0.4, 0.5) is 0 Å². The van der Waals surface area contributed by atoms with E-state index in [1.807, 2.05) is 0 Å². The lowest BCUT2D eigenvalue weighted by molar-refractivity contribution is -0.143. The molecule has 0 fully saturated rings. The van der Waals surface area contributed by atoms with Crippen LogP contribution in [-0.4, -0.2) is 137 Å². The Morgan fingerprint density at radius 3 is 1.38 bits per heavy atom. The van der Waals surface area contributed by atoms with Crippen molar-refractivity contribution in [2.45, 2.75) is 174 Å². The van der Waals surface area contributed by atoms with E-state index >= 15 is 0 Å². The first-order valence-corrected chi connectivity index (χ1v) is 23.6. The predicted molar refractivity (Wildman–Crippen MR) is 255 cm³/mol. The number of carbonyl (C=O) groups excluding carboxylic acids is 8. The molecule has 0 bridgehead atoms. The summed E-state index contributed by atoms with van der Waals surface area (Å²) in [6.45, 7) is 13.8. The van der Waals surface area contributed by atoms with Gasteiger partial charge in [-0.05, 0) is 88.0 Å². The molecule has 0 spiro atoms. The molecule has 24 heteroatoms. The molecule has 0 radical (unpaired) electrons. The van der Waals surface area contributed by atoms with Crippen molar-refractivity contribution < 1.29 is 53.4 Å². The summed E-state index contributed by atoms with van der Waals surface area (Å²) in [5, 5.41) is 48.2. The predicted octanol–water partition coefficient (Wildman–Crippen LogP) is -2.37. The summed E-state index contributed by atoms with van der Waals surface area (Å²) < 4.78 is 0. The van der Waals surface area contributed by atoms with Gasteiger partial charge >= 0.3 is 5.97 Å². The zero-order valence-corrected chi connectivity index (χ0v) is 41.2. The summed E-state index contributed by atoms with van der Waals surface area (Å²) in [6, 6.07) is -10.2. The maximum atomic E-state index is 14.0. The third kappa shape index (κ3) is 25.5. The molecule has 390 valence electrons. The largest absolute Gasteiger partial charge is 0.480 e. The standard InChI is InChI=1S/C44H83N13O11/c1-9-26(8)35(57-36(60)27(46)15-16-34(47)59)42(66)54-31(20-24(4)5)40(64)56-33(22-58)41(65)52-28(13-10-11-17-45)37(61)53-30(19-23(2)3)39(63)51-29(14-12-18-50-44(48)49)38(62)55-32(43(67)68)21-25(6)7/h23-33,35,58H,9-22,45-46H2,1-8H3,(H2,47,59)(H,51,63)(H,52,65)(H,53,61)(H,54,66)(H,55,62)(H,56,64)(H,57,60)(H,67,68)(H4,48,49,50). The Kier molecular flexibility index (Phi) is 30.2. The fourth-order valence-electron chi connectivity index (χ4n) is 6.87. The number of aliphatic hydroxyl groups is 1. The van der Waals surface area contributed by atoms with Gasteiger partial charge in [0.2, 0.25) is 47.3 Å². The van der Waals surface area contributed by atoms with Gasteiger partial charge in [0.05, 0.1) is 12.6 Å². The summed E-state index contributed by atoms with van der Waals surface area (Å²) in [5.41, 5.74) is 22.2. The molecule has 0 aliphatic heterocycles. The van der Waals surface area contributed by atoms with Crippen molar-refractivity contribution in [1.82, 2.24) is 42.5 Å². The highest BCUT2D eigenvalue weighted by Crippen LogP contribution is 2.14. The molecule has 8 amide bonds. The van der Waals surface area contributed by atoms with E-state index in [-0.39, 0.29) is 88.2 Å². The summed E-state index contributed by atoms with van der Waals surface area (Å²) in [6.07, 6.45) is 1.57. The number of carbonyl (C=O) groups is 9. The molecule has 0 aliphatic rings. The van der Waals surface area contributed by atoms with Crippen LogP contribution in [0.1, 0.15) is 126 Å². The lowest BCUT2D eigenvalue weighted by atomic mass is 9.96. The fraction of sp³-hybridized carbons (Fsp3) is 0.773. The minimum atomic E-state index is -1.62. The van der Waals surface area contributed by atoms with Crippen molar-refractivity contribution in [2.75, 3.05) is 19.7 Å². The fourth-order valence-corrected chi connectivity index (χ4v) is 6.87. The Morgan fingerprint density at radius 2 is 0.956 bits per heavy atom. The number of aliphatic carboxylic acids is 1. The van der Waals surface area contributed by atoms with Crippen molar-refractivity contribution in [1.29, 1.82) is 5.41 Å². The van der Waals surface area contributed by atoms with Gasteiger partial charge in [-0.3, -0.25) is 43.8 Å². The summed E-state index contributed by atoms with van der Waals surface area (Å²) in [5.74, 6) is -8.66. The van der Waals surface area contributed by atoms with Crippen LogP contribution in [-0.2, 0) is 43.2 Å². The normalized spacial score (nSPS) is 15.3. The monoisotopic (exact) mass is 970 g/mol. The Morgan fingerprint density at radius 1 is 0.544 bits per heavy atom. The lowest BCUT2D eigenvalue weighted by Crippen LogP contribution is -2.61. The SMILES string of the molecule is CCC(C)C(NC(=O)C(N)CCC(N)=O)C(=O)NC(CC(C)C)C(=O)NC(CO)C(=O)NC(CCCCN)C(=O)NC(CC(C)C)C(=O)NC(CCCNC(=N)N)C(=O)NC(CC(C)C)C(=O)O. The minimum Gasteiger partial charge on any atom is -0.480 e. The number of hydrogen-bond donors (Lipinski definition) is 15. The average molecular weight is 970 g/mol. The van der Waals surface area contributed by atoms with Gasteiger partial charge in [-0.25, -0.2) is 4.79 Å². The zero-order valence-electron chi connectivity index (χ0n) is 41.2. The molecule has 0 aromatic rings. The number of rotatable bonds is 35. The molecule has 0 aromatic carbocycles. The number of carboxylic acids is 1. The number of amides is 8. The van der Waals surface area contributed by atoms with Crippen LogP contribution >= 0.6 is 0 Å². The van der Waals surface area contributed by atoms with Crippen molar-refractivity contribution in [3.8, 4) is 0 Å². The number of unbranched alkanes of at least 4 members (excludes halogenated alkanes) is 1. The van der Waals surface area contributed by atoms with Crippen LogP contribution < -0.4 is 65.5 Å². The number of carboxylic acid groups (broad SMARTS) is 1. The summed E-state index contributed by atoms with van der Waals surface area (Å²) in [7, 11) is 0. The first kappa shape index (κ1) is 62.4. The Balaban J connectivity index is 6.47. The van der Waals surface area contributed by atoms with Crippen LogP contribution in [0, 0.1) is 29.1 Å². The molecular weight excluding hydrogens is 887 g/mol. The van der Waals surface area contributed by atoms with E-state index in [0.717, 1.165) is 0 Å². The molecule has 0 heterocycles. The number of primary amides is 1. The van der Waals surface area contributed by atoms with Crippen molar-refractivity contribution >= 4 is 59.2 Å². The van der Waals surface area contributed by atoms with Gasteiger partial charge in [-0.15, -0.1) is 0 Å². The maximum absolute atomic E-state index is 14.0. The second-order valence-electron chi connectivity index (χ2n) is 18.5. The van der Waals surface area contributed by atoms with E-state index in [4.69, 9.17) is 28.3 Å².